The molecule has 1 aliphatic carbocycles. The van der Waals surface area contributed by atoms with Crippen molar-refractivity contribution in [2.45, 2.75) is 64.0 Å². The van der Waals surface area contributed by atoms with Crippen LogP contribution in [0.15, 0.2) is 0 Å². The van der Waals surface area contributed by atoms with Crippen LogP contribution in [0.4, 0.5) is 0 Å². The van der Waals surface area contributed by atoms with E-state index in [0.717, 1.165) is 38.5 Å². The van der Waals surface area contributed by atoms with Crippen molar-refractivity contribution in [3.8, 4) is 0 Å². The summed E-state index contributed by atoms with van der Waals surface area (Å²) in [5.41, 5.74) is 5.48. The summed E-state index contributed by atoms with van der Waals surface area (Å²) >= 11 is 0. The number of rotatable bonds is 4. The number of hydrogen-bond donors (Lipinski definition) is 2. The molecule has 0 aromatic carbocycles. The molecule has 0 bridgehead atoms. The molecule has 0 heterocycles. The Balaban J connectivity index is 2.33. The molecule has 1 aliphatic rings. The summed E-state index contributed by atoms with van der Waals surface area (Å²) in [7, 11) is 0. The van der Waals surface area contributed by atoms with E-state index in [2.05, 4.69) is 13.8 Å². The van der Waals surface area contributed by atoms with Crippen LogP contribution in [0.5, 0.6) is 0 Å². The molecular weight excluding hydrogens is 162 g/mol. The van der Waals surface area contributed by atoms with Gasteiger partial charge in [0, 0.05) is 6.04 Å². The minimum absolute atomic E-state index is 0.00241. The molecule has 0 saturated heterocycles. The van der Waals surface area contributed by atoms with Gasteiger partial charge in [-0.3, -0.25) is 0 Å². The van der Waals surface area contributed by atoms with Gasteiger partial charge in [0.25, 0.3) is 0 Å². The normalized spacial score (nSPS) is 23.8. The fourth-order valence-corrected chi connectivity index (χ4v) is 2.14. The van der Waals surface area contributed by atoms with Crippen molar-refractivity contribution in [2.24, 2.45) is 11.7 Å². The van der Waals surface area contributed by atoms with Gasteiger partial charge in [-0.2, -0.15) is 0 Å². The monoisotopic (exact) mass is 185 g/mol. The van der Waals surface area contributed by atoms with Gasteiger partial charge >= 0.3 is 0 Å². The molecule has 2 heteroatoms. The third-order valence-corrected chi connectivity index (χ3v) is 3.21. The van der Waals surface area contributed by atoms with Crippen LogP contribution < -0.4 is 5.73 Å². The Kier molecular flexibility index (Phi) is 3.74. The van der Waals surface area contributed by atoms with E-state index < -0.39 is 5.60 Å². The summed E-state index contributed by atoms with van der Waals surface area (Å²) in [5, 5.41) is 10.1. The largest absolute Gasteiger partial charge is 0.388 e. The van der Waals surface area contributed by atoms with Gasteiger partial charge in [0.1, 0.15) is 0 Å². The van der Waals surface area contributed by atoms with Crippen LogP contribution in [-0.4, -0.2) is 16.7 Å². The maximum atomic E-state index is 10.1. The average molecular weight is 185 g/mol. The highest BCUT2D eigenvalue weighted by atomic mass is 16.3. The van der Waals surface area contributed by atoms with Gasteiger partial charge in [-0.05, 0) is 31.6 Å². The van der Waals surface area contributed by atoms with Crippen LogP contribution in [0, 0.1) is 5.92 Å². The molecule has 1 unspecified atom stereocenters. The number of nitrogens with two attached hydrogens (primary N) is 1. The quantitative estimate of drug-likeness (QED) is 0.704. The average Bonchev–Trinajstić information content (AvgIpc) is 2.49. The second-order valence-electron chi connectivity index (χ2n) is 4.89. The van der Waals surface area contributed by atoms with Gasteiger partial charge in [0.15, 0.2) is 0 Å². The van der Waals surface area contributed by atoms with Gasteiger partial charge in [-0.1, -0.05) is 26.7 Å². The molecule has 3 N–H and O–H groups in total. The zero-order valence-electron chi connectivity index (χ0n) is 8.92. The van der Waals surface area contributed by atoms with Crippen LogP contribution >= 0.6 is 0 Å². The maximum absolute atomic E-state index is 10.1. The van der Waals surface area contributed by atoms with Crippen LogP contribution in [0.3, 0.4) is 0 Å². The fraction of sp³-hybridized carbons (Fsp3) is 1.00. The van der Waals surface area contributed by atoms with Gasteiger partial charge in [0.2, 0.25) is 0 Å². The zero-order valence-corrected chi connectivity index (χ0v) is 8.92. The molecule has 1 atom stereocenters. The predicted molar refractivity (Wildman–Crippen MR) is 55.5 cm³/mol. The van der Waals surface area contributed by atoms with E-state index in [1.165, 1.54) is 0 Å². The number of aliphatic hydroxyl groups is 1. The van der Waals surface area contributed by atoms with Gasteiger partial charge in [0.05, 0.1) is 5.60 Å². The molecule has 0 aromatic heterocycles. The SMILES string of the molecule is CC(C)CCC(N)C1(O)CCCC1. The van der Waals surface area contributed by atoms with Crippen molar-refractivity contribution in [1.29, 1.82) is 0 Å². The highest BCUT2D eigenvalue weighted by Crippen LogP contribution is 2.33. The van der Waals surface area contributed by atoms with Crippen LogP contribution in [0.1, 0.15) is 52.4 Å². The molecule has 0 aliphatic heterocycles. The van der Waals surface area contributed by atoms with E-state index in [-0.39, 0.29) is 6.04 Å². The van der Waals surface area contributed by atoms with Gasteiger partial charge in [-0.25, -0.2) is 0 Å². The lowest BCUT2D eigenvalue weighted by atomic mass is 9.88. The molecule has 0 spiro atoms. The Bertz CT molecular complexity index is 150. The van der Waals surface area contributed by atoms with Crippen molar-refractivity contribution in [2.75, 3.05) is 0 Å². The summed E-state index contributed by atoms with van der Waals surface area (Å²) in [4.78, 5) is 0. The van der Waals surface area contributed by atoms with Crippen molar-refractivity contribution >= 4 is 0 Å². The maximum Gasteiger partial charge on any atom is 0.0797 e. The van der Waals surface area contributed by atoms with Crippen LogP contribution in [0.2, 0.25) is 0 Å². The second kappa shape index (κ2) is 4.43. The molecular formula is C11H23NO. The first-order valence-corrected chi connectivity index (χ1v) is 5.52. The molecule has 1 fully saturated rings. The highest BCUT2D eigenvalue weighted by Gasteiger charge is 2.36. The molecule has 0 aromatic rings. The van der Waals surface area contributed by atoms with Crippen LogP contribution in [0.25, 0.3) is 0 Å². The van der Waals surface area contributed by atoms with E-state index in [1.807, 2.05) is 0 Å². The van der Waals surface area contributed by atoms with Crippen molar-refractivity contribution in [3.63, 3.8) is 0 Å². The summed E-state index contributed by atoms with van der Waals surface area (Å²) in [6.45, 7) is 4.40. The van der Waals surface area contributed by atoms with Crippen LogP contribution in [-0.2, 0) is 0 Å². The summed E-state index contributed by atoms with van der Waals surface area (Å²) in [6.07, 6.45) is 6.20. The lowest BCUT2D eigenvalue weighted by molar-refractivity contribution is 0.0169. The van der Waals surface area contributed by atoms with Gasteiger partial charge < -0.3 is 10.8 Å². The Morgan fingerprint density at radius 1 is 1.23 bits per heavy atom. The predicted octanol–water partition coefficient (Wildman–Crippen LogP) is 2.05. The molecule has 1 saturated carbocycles. The Labute approximate surface area is 81.5 Å². The van der Waals surface area contributed by atoms with E-state index in [4.69, 9.17) is 5.73 Å². The third kappa shape index (κ3) is 2.96. The van der Waals surface area contributed by atoms with E-state index in [0.29, 0.717) is 5.92 Å². The van der Waals surface area contributed by atoms with Crippen molar-refractivity contribution in [3.05, 3.63) is 0 Å². The molecule has 2 nitrogen and oxygen atoms in total. The molecule has 1 rings (SSSR count). The second-order valence-corrected chi connectivity index (χ2v) is 4.89. The first-order chi connectivity index (χ1) is 6.04. The van der Waals surface area contributed by atoms with E-state index in [1.54, 1.807) is 0 Å². The Hall–Kier alpha value is -0.0800. The van der Waals surface area contributed by atoms with Gasteiger partial charge in [-0.15, -0.1) is 0 Å². The minimum atomic E-state index is -0.533. The molecule has 0 radical (unpaired) electrons. The summed E-state index contributed by atoms with van der Waals surface area (Å²) in [6, 6.07) is -0.00241. The zero-order chi connectivity index (χ0) is 9.90. The van der Waals surface area contributed by atoms with Crippen molar-refractivity contribution in [1.82, 2.24) is 0 Å². The minimum Gasteiger partial charge on any atom is -0.388 e. The first-order valence-electron chi connectivity index (χ1n) is 5.52. The summed E-state index contributed by atoms with van der Waals surface area (Å²) < 4.78 is 0. The van der Waals surface area contributed by atoms with E-state index >= 15 is 0 Å². The Morgan fingerprint density at radius 3 is 2.23 bits per heavy atom. The Morgan fingerprint density at radius 2 is 1.77 bits per heavy atom. The fourth-order valence-electron chi connectivity index (χ4n) is 2.14. The first kappa shape index (κ1) is 11.0. The third-order valence-electron chi connectivity index (χ3n) is 3.21. The van der Waals surface area contributed by atoms with Crippen molar-refractivity contribution < 1.29 is 5.11 Å². The molecule has 0 amide bonds. The molecule has 13 heavy (non-hydrogen) atoms. The lowest BCUT2D eigenvalue weighted by Gasteiger charge is -2.30. The molecule has 78 valence electrons. The van der Waals surface area contributed by atoms with E-state index in [9.17, 15) is 5.11 Å². The lowest BCUT2D eigenvalue weighted by Crippen LogP contribution is -2.45. The smallest absolute Gasteiger partial charge is 0.0797 e. The standard InChI is InChI=1S/C11H23NO/c1-9(2)5-6-10(12)11(13)7-3-4-8-11/h9-10,13H,3-8,12H2,1-2H3. The highest BCUT2D eigenvalue weighted by molar-refractivity contribution is 4.93. The topological polar surface area (TPSA) is 46.2 Å². The number of hydrogen-bond acceptors (Lipinski definition) is 2. The summed E-state index contributed by atoms with van der Waals surface area (Å²) in [5.74, 6) is 0.691.